The molecule has 0 amide bonds. The monoisotopic (exact) mass is 704 g/mol. The van der Waals surface area contributed by atoms with Gasteiger partial charge in [0.25, 0.3) is 0 Å². The van der Waals surface area contributed by atoms with Crippen LogP contribution in [0.5, 0.6) is 0 Å². The summed E-state index contributed by atoms with van der Waals surface area (Å²) in [6.07, 6.45) is 39.1. The number of phosphoric acid groups is 1. The quantitative estimate of drug-likeness (QED) is 0.0205. The Hall–Kier alpha value is -3.07. The van der Waals surface area contributed by atoms with Gasteiger partial charge in [-0.05, 0) is 57.8 Å². The van der Waals surface area contributed by atoms with E-state index in [0.717, 1.165) is 38.5 Å². The number of rotatable bonds is 29. The molecule has 2 atom stereocenters. The standard InChI is InChI=1S/C39H62NO8P/c1-6-8-10-12-14-16-18-20-22-24-26-28-30-32-39(42)48-37(36-47-49(43,44)46-34-33-40(3,4)5)35-45-38(41)31-29-27-25-23-21-19-17-15-13-11-9-7-2/h8-12,14-18,20-24,26,37H,6-7,13,19,25,27-36H2,1-5H3/p+1/b10-8+,11-9+,14-12+,17-15+,18-16+,22-20+,23-21+,26-24+. The van der Waals surface area contributed by atoms with Gasteiger partial charge in [-0.15, -0.1) is 0 Å². The van der Waals surface area contributed by atoms with E-state index >= 15 is 0 Å². The fourth-order valence-electron chi connectivity index (χ4n) is 3.76. The number of likely N-dealkylation sites (N-methyl/N-ethyl adjacent to an activating group) is 1. The third-order valence-electron chi connectivity index (χ3n) is 6.49. The van der Waals surface area contributed by atoms with Crippen LogP contribution in [0.1, 0.15) is 84.5 Å². The van der Waals surface area contributed by atoms with Crippen LogP contribution >= 0.6 is 7.82 Å². The predicted octanol–water partition coefficient (Wildman–Crippen LogP) is 9.06. The second kappa shape index (κ2) is 30.9. The topological polar surface area (TPSA) is 108 Å². The van der Waals surface area contributed by atoms with Crippen LogP contribution in [-0.4, -0.2) is 74.9 Å². The SMILES string of the molecule is CC/C=C/C=C/C=C/C=C/C=C/CCCC(=O)OC(COC(=O)CCCC/C=C/C/C=C/C/C=C/CC)COP(=O)(O)OCC[N+](C)(C)C. The van der Waals surface area contributed by atoms with Gasteiger partial charge in [0.15, 0.2) is 6.10 Å². The van der Waals surface area contributed by atoms with Crippen molar-refractivity contribution < 1.29 is 42.1 Å². The zero-order valence-electron chi connectivity index (χ0n) is 30.6. The molecule has 0 fully saturated rings. The fraction of sp³-hybridized carbons (Fsp3) is 0.538. The minimum absolute atomic E-state index is 0.00589. The molecule has 10 heteroatoms. The summed E-state index contributed by atoms with van der Waals surface area (Å²) in [6, 6.07) is 0. The molecule has 0 bridgehead atoms. The zero-order valence-corrected chi connectivity index (χ0v) is 31.5. The van der Waals surface area contributed by atoms with Gasteiger partial charge in [0, 0.05) is 12.8 Å². The van der Waals surface area contributed by atoms with E-state index in [1.54, 1.807) is 0 Å². The lowest BCUT2D eigenvalue weighted by Crippen LogP contribution is -2.37. The summed E-state index contributed by atoms with van der Waals surface area (Å²) in [5, 5.41) is 0. The number of allylic oxidation sites excluding steroid dienone is 16. The first-order valence-electron chi connectivity index (χ1n) is 17.5. The number of quaternary nitrogens is 1. The minimum atomic E-state index is -4.40. The fourth-order valence-corrected chi connectivity index (χ4v) is 4.50. The van der Waals surface area contributed by atoms with E-state index in [9.17, 15) is 19.0 Å². The van der Waals surface area contributed by atoms with E-state index in [4.69, 9.17) is 18.5 Å². The lowest BCUT2D eigenvalue weighted by atomic mass is 10.2. The van der Waals surface area contributed by atoms with Crippen LogP contribution in [0.25, 0.3) is 0 Å². The highest BCUT2D eigenvalue weighted by Crippen LogP contribution is 2.43. The summed E-state index contributed by atoms with van der Waals surface area (Å²) in [5.41, 5.74) is 0. The van der Waals surface area contributed by atoms with Crippen molar-refractivity contribution in [2.24, 2.45) is 0 Å². The lowest BCUT2D eigenvalue weighted by molar-refractivity contribution is -0.870. The Morgan fingerprint density at radius 1 is 0.653 bits per heavy atom. The first-order valence-corrected chi connectivity index (χ1v) is 19.0. The van der Waals surface area contributed by atoms with Crippen LogP contribution in [0, 0.1) is 0 Å². The third-order valence-corrected chi connectivity index (χ3v) is 7.47. The van der Waals surface area contributed by atoms with E-state index in [1.165, 1.54) is 0 Å². The number of carbonyl (C=O) groups is 2. The average molecular weight is 705 g/mol. The molecule has 49 heavy (non-hydrogen) atoms. The number of esters is 2. The first kappa shape index (κ1) is 45.9. The van der Waals surface area contributed by atoms with E-state index in [-0.39, 0.29) is 26.1 Å². The molecule has 0 spiro atoms. The Labute approximate surface area is 296 Å². The van der Waals surface area contributed by atoms with Gasteiger partial charge in [0.2, 0.25) is 0 Å². The van der Waals surface area contributed by atoms with Gasteiger partial charge in [-0.1, -0.05) is 111 Å². The highest BCUT2D eigenvalue weighted by atomic mass is 31.2. The van der Waals surface area contributed by atoms with Gasteiger partial charge in [-0.3, -0.25) is 18.6 Å². The number of nitrogens with zero attached hydrogens (tertiary/aromatic N) is 1. The lowest BCUT2D eigenvalue weighted by Gasteiger charge is -2.24. The van der Waals surface area contributed by atoms with E-state index in [0.29, 0.717) is 30.3 Å². The molecule has 0 aliphatic rings. The summed E-state index contributed by atoms with van der Waals surface area (Å²) < 4.78 is 33.9. The van der Waals surface area contributed by atoms with E-state index in [2.05, 4.69) is 56.4 Å². The predicted molar refractivity (Wildman–Crippen MR) is 201 cm³/mol. The van der Waals surface area contributed by atoms with Crippen LogP contribution in [0.4, 0.5) is 0 Å². The van der Waals surface area contributed by atoms with Crippen molar-refractivity contribution in [1.82, 2.24) is 0 Å². The minimum Gasteiger partial charge on any atom is -0.462 e. The van der Waals surface area contributed by atoms with Gasteiger partial charge in [0.1, 0.15) is 19.8 Å². The molecule has 2 unspecified atom stereocenters. The first-order chi connectivity index (χ1) is 23.5. The van der Waals surface area contributed by atoms with Crippen LogP contribution in [0.15, 0.2) is 97.2 Å². The molecule has 0 aromatic carbocycles. The largest absolute Gasteiger partial charge is 0.472 e. The van der Waals surface area contributed by atoms with Crippen LogP contribution < -0.4 is 0 Å². The summed E-state index contributed by atoms with van der Waals surface area (Å²) in [6.45, 7) is 3.96. The Kier molecular flexibility index (Phi) is 29.0. The molecule has 276 valence electrons. The molecule has 0 radical (unpaired) electrons. The molecular formula is C39H63NO8P+. The molecule has 0 saturated heterocycles. The molecule has 0 aliphatic carbocycles. The van der Waals surface area contributed by atoms with Crippen molar-refractivity contribution in [2.75, 3.05) is 47.5 Å². The van der Waals surface area contributed by atoms with Gasteiger partial charge >= 0.3 is 19.8 Å². The van der Waals surface area contributed by atoms with Crippen molar-refractivity contribution >= 4 is 19.8 Å². The van der Waals surface area contributed by atoms with Crippen molar-refractivity contribution in [1.29, 1.82) is 0 Å². The molecule has 0 aromatic rings. The Bertz CT molecular complexity index is 1160. The van der Waals surface area contributed by atoms with Crippen molar-refractivity contribution in [3.63, 3.8) is 0 Å². The van der Waals surface area contributed by atoms with Crippen LogP contribution in [0.2, 0.25) is 0 Å². The number of hydrogen-bond donors (Lipinski definition) is 1. The molecule has 0 heterocycles. The maximum Gasteiger partial charge on any atom is 0.472 e. The molecule has 0 saturated carbocycles. The molecular weight excluding hydrogens is 641 g/mol. The molecule has 0 aromatic heterocycles. The second-order valence-electron chi connectivity index (χ2n) is 12.3. The zero-order chi connectivity index (χ0) is 36.5. The van der Waals surface area contributed by atoms with Gasteiger partial charge in [0.05, 0.1) is 27.7 Å². The number of ether oxygens (including phenoxy) is 2. The van der Waals surface area contributed by atoms with Gasteiger partial charge in [-0.25, -0.2) is 4.57 Å². The number of unbranched alkanes of at least 4 members (excludes halogenated alkanes) is 3. The van der Waals surface area contributed by atoms with E-state index in [1.807, 2.05) is 75.8 Å². The van der Waals surface area contributed by atoms with Crippen molar-refractivity contribution in [2.45, 2.75) is 90.6 Å². The average Bonchev–Trinajstić information content (AvgIpc) is 3.04. The Morgan fingerprint density at radius 2 is 1.20 bits per heavy atom. The van der Waals surface area contributed by atoms with Crippen molar-refractivity contribution in [3.8, 4) is 0 Å². The van der Waals surface area contributed by atoms with Crippen molar-refractivity contribution in [3.05, 3.63) is 97.2 Å². The highest BCUT2D eigenvalue weighted by molar-refractivity contribution is 7.47. The molecule has 9 nitrogen and oxygen atoms in total. The smallest absolute Gasteiger partial charge is 0.462 e. The Balaban J connectivity index is 4.72. The van der Waals surface area contributed by atoms with Crippen LogP contribution in [0.3, 0.4) is 0 Å². The van der Waals surface area contributed by atoms with Gasteiger partial charge in [-0.2, -0.15) is 0 Å². The van der Waals surface area contributed by atoms with Gasteiger partial charge < -0.3 is 18.9 Å². The molecule has 0 rings (SSSR count). The van der Waals surface area contributed by atoms with Crippen LogP contribution in [-0.2, 0) is 32.7 Å². The number of hydrogen-bond acceptors (Lipinski definition) is 7. The second-order valence-corrected chi connectivity index (χ2v) is 13.7. The maximum atomic E-state index is 12.5. The summed E-state index contributed by atoms with van der Waals surface area (Å²) >= 11 is 0. The summed E-state index contributed by atoms with van der Waals surface area (Å²) in [7, 11) is 1.38. The van der Waals surface area contributed by atoms with E-state index < -0.39 is 32.5 Å². The number of phosphoric ester groups is 1. The summed E-state index contributed by atoms with van der Waals surface area (Å²) in [5.74, 6) is -0.949. The number of carbonyl (C=O) groups excluding carboxylic acids is 2. The third kappa shape index (κ3) is 34.6. The highest BCUT2D eigenvalue weighted by Gasteiger charge is 2.27. The maximum absolute atomic E-state index is 12.5. The molecule has 0 aliphatic heterocycles. The normalized spacial score (nSPS) is 15.0. The summed E-state index contributed by atoms with van der Waals surface area (Å²) in [4.78, 5) is 35.0. The molecule has 1 N–H and O–H groups in total. The Morgan fingerprint density at radius 3 is 1.84 bits per heavy atom.